The lowest BCUT2D eigenvalue weighted by Gasteiger charge is -2.31. The summed E-state index contributed by atoms with van der Waals surface area (Å²) in [5, 5.41) is 14.8. The van der Waals surface area contributed by atoms with Crippen molar-refractivity contribution in [2.24, 2.45) is 0 Å². The van der Waals surface area contributed by atoms with Gasteiger partial charge in [0.2, 0.25) is 5.91 Å². The van der Waals surface area contributed by atoms with E-state index >= 15 is 0 Å². The Morgan fingerprint density at radius 2 is 1.68 bits per heavy atom. The van der Waals surface area contributed by atoms with Gasteiger partial charge in [0.1, 0.15) is 11.1 Å². The highest BCUT2D eigenvalue weighted by atomic mass is 16.6. The van der Waals surface area contributed by atoms with E-state index in [1.165, 1.54) is 6.92 Å². The molecule has 1 atom stereocenters. The molecule has 1 aromatic carbocycles. The molecule has 0 aliphatic carbocycles. The van der Waals surface area contributed by atoms with Crippen molar-refractivity contribution in [1.82, 2.24) is 5.32 Å². The van der Waals surface area contributed by atoms with Crippen molar-refractivity contribution in [3.63, 3.8) is 0 Å². The molecule has 0 bridgehead atoms. The molecule has 7 nitrogen and oxygen atoms in total. The van der Waals surface area contributed by atoms with Gasteiger partial charge in [-0.2, -0.15) is 0 Å². The van der Waals surface area contributed by atoms with Crippen LogP contribution in [0, 0.1) is 0 Å². The van der Waals surface area contributed by atoms with E-state index in [4.69, 9.17) is 4.74 Å². The minimum absolute atomic E-state index is 0.0957. The Bertz CT molecular complexity index is 634. The van der Waals surface area contributed by atoms with Crippen LogP contribution >= 0.6 is 0 Å². The van der Waals surface area contributed by atoms with Gasteiger partial charge in [0.15, 0.2) is 0 Å². The first kappa shape index (κ1) is 20.5. The van der Waals surface area contributed by atoms with Crippen molar-refractivity contribution in [3.05, 3.63) is 29.8 Å². The summed E-state index contributed by atoms with van der Waals surface area (Å²) in [7, 11) is 0. The zero-order valence-electron chi connectivity index (χ0n) is 15.3. The molecule has 0 spiro atoms. The second kappa shape index (κ2) is 8.00. The SMILES string of the molecule is CC[C@@](Cc1ccc(NC(C)=O)cc1)(NC(=O)OC(C)(C)C)C(=O)O. The van der Waals surface area contributed by atoms with Crippen LogP contribution in [0.4, 0.5) is 10.5 Å². The number of anilines is 1. The van der Waals surface area contributed by atoms with Crippen LogP contribution < -0.4 is 10.6 Å². The number of amides is 2. The maximum atomic E-state index is 12.1. The highest BCUT2D eigenvalue weighted by molar-refractivity contribution is 5.88. The van der Waals surface area contributed by atoms with Crippen LogP contribution in [-0.2, 0) is 20.7 Å². The zero-order valence-corrected chi connectivity index (χ0v) is 15.3. The summed E-state index contributed by atoms with van der Waals surface area (Å²) in [6, 6.07) is 6.81. The molecule has 0 fully saturated rings. The van der Waals surface area contributed by atoms with Crippen molar-refractivity contribution >= 4 is 23.7 Å². The second-order valence-electron chi connectivity index (χ2n) is 6.92. The van der Waals surface area contributed by atoms with E-state index in [0.29, 0.717) is 5.69 Å². The van der Waals surface area contributed by atoms with E-state index < -0.39 is 23.2 Å². The molecule has 0 aliphatic heterocycles. The number of alkyl carbamates (subject to hydrolysis) is 1. The number of benzene rings is 1. The lowest BCUT2D eigenvalue weighted by atomic mass is 9.88. The maximum absolute atomic E-state index is 12.1. The Morgan fingerprint density at radius 3 is 2.08 bits per heavy atom. The monoisotopic (exact) mass is 350 g/mol. The fourth-order valence-electron chi connectivity index (χ4n) is 2.29. The smallest absolute Gasteiger partial charge is 0.408 e. The molecular formula is C18H26N2O5. The number of ether oxygens (including phenoxy) is 1. The number of rotatable bonds is 6. The summed E-state index contributed by atoms with van der Waals surface area (Å²) in [4.78, 5) is 34.9. The summed E-state index contributed by atoms with van der Waals surface area (Å²) in [6.07, 6.45) is -0.486. The predicted octanol–water partition coefficient (Wildman–Crippen LogP) is 2.95. The number of carbonyl (C=O) groups is 3. The Morgan fingerprint density at radius 1 is 1.12 bits per heavy atom. The van der Waals surface area contributed by atoms with E-state index in [2.05, 4.69) is 10.6 Å². The topological polar surface area (TPSA) is 105 Å². The molecule has 0 aromatic heterocycles. The van der Waals surface area contributed by atoms with Gasteiger partial charge in [0, 0.05) is 19.0 Å². The van der Waals surface area contributed by atoms with Crippen molar-refractivity contribution in [3.8, 4) is 0 Å². The number of hydrogen-bond acceptors (Lipinski definition) is 4. The number of carboxylic acid groups (broad SMARTS) is 1. The quantitative estimate of drug-likeness (QED) is 0.731. The molecular weight excluding hydrogens is 324 g/mol. The molecule has 0 aliphatic rings. The summed E-state index contributed by atoms with van der Waals surface area (Å²) >= 11 is 0. The molecule has 0 unspecified atom stereocenters. The highest BCUT2D eigenvalue weighted by Gasteiger charge is 2.39. The van der Waals surface area contributed by atoms with Crippen LogP contribution in [0.3, 0.4) is 0 Å². The van der Waals surface area contributed by atoms with Gasteiger partial charge in [0.05, 0.1) is 0 Å². The molecule has 3 N–H and O–H groups in total. The van der Waals surface area contributed by atoms with E-state index in [1.54, 1.807) is 52.0 Å². The Hall–Kier alpha value is -2.57. The van der Waals surface area contributed by atoms with Gasteiger partial charge in [-0.05, 0) is 44.9 Å². The predicted molar refractivity (Wildman–Crippen MR) is 94.5 cm³/mol. The third-order valence-corrected chi connectivity index (χ3v) is 3.53. The van der Waals surface area contributed by atoms with Crippen LogP contribution in [0.5, 0.6) is 0 Å². The molecule has 1 aromatic rings. The number of aliphatic carboxylic acids is 1. The molecule has 0 saturated carbocycles. The summed E-state index contributed by atoms with van der Waals surface area (Å²) < 4.78 is 5.18. The molecule has 0 saturated heterocycles. The Kier molecular flexibility index (Phi) is 6.55. The van der Waals surface area contributed by atoms with Crippen LogP contribution in [0.1, 0.15) is 46.6 Å². The second-order valence-corrected chi connectivity index (χ2v) is 6.92. The van der Waals surface area contributed by atoms with E-state index in [-0.39, 0.29) is 18.7 Å². The van der Waals surface area contributed by atoms with Crippen LogP contribution in [-0.4, -0.2) is 34.2 Å². The van der Waals surface area contributed by atoms with E-state index in [0.717, 1.165) is 5.56 Å². The summed E-state index contributed by atoms with van der Waals surface area (Å²) in [6.45, 7) is 8.23. The van der Waals surface area contributed by atoms with E-state index in [1.807, 2.05) is 0 Å². The normalized spacial score (nSPS) is 13.5. The fourth-order valence-corrected chi connectivity index (χ4v) is 2.29. The first-order valence-corrected chi connectivity index (χ1v) is 8.08. The van der Waals surface area contributed by atoms with Gasteiger partial charge < -0.3 is 20.5 Å². The van der Waals surface area contributed by atoms with Gasteiger partial charge in [-0.1, -0.05) is 19.1 Å². The minimum Gasteiger partial charge on any atom is -0.479 e. The molecule has 25 heavy (non-hydrogen) atoms. The Balaban J connectivity index is 2.97. The molecule has 1 rings (SSSR count). The third kappa shape index (κ3) is 6.45. The number of carboxylic acids is 1. The summed E-state index contributed by atoms with van der Waals surface area (Å²) in [5.74, 6) is -1.32. The molecule has 0 radical (unpaired) electrons. The fraction of sp³-hybridized carbons (Fsp3) is 0.500. The zero-order chi connectivity index (χ0) is 19.3. The average molecular weight is 350 g/mol. The maximum Gasteiger partial charge on any atom is 0.408 e. The lowest BCUT2D eigenvalue weighted by Crippen LogP contribution is -2.56. The van der Waals surface area contributed by atoms with Crippen molar-refractivity contribution in [2.45, 2.75) is 58.6 Å². The lowest BCUT2D eigenvalue weighted by molar-refractivity contribution is -0.145. The van der Waals surface area contributed by atoms with Crippen LogP contribution in [0.15, 0.2) is 24.3 Å². The first-order valence-electron chi connectivity index (χ1n) is 8.08. The van der Waals surface area contributed by atoms with Crippen molar-refractivity contribution in [2.75, 3.05) is 5.32 Å². The van der Waals surface area contributed by atoms with Gasteiger partial charge >= 0.3 is 12.1 Å². The van der Waals surface area contributed by atoms with Gasteiger partial charge in [-0.15, -0.1) is 0 Å². The van der Waals surface area contributed by atoms with Gasteiger partial charge in [0.25, 0.3) is 0 Å². The van der Waals surface area contributed by atoms with Crippen LogP contribution in [0.25, 0.3) is 0 Å². The summed E-state index contributed by atoms with van der Waals surface area (Å²) in [5.41, 5.74) is -0.858. The molecule has 138 valence electrons. The Labute approximate surface area is 147 Å². The van der Waals surface area contributed by atoms with Gasteiger partial charge in [-0.25, -0.2) is 9.59 Å². The standard InChI is InChI=1S/C18H26N2O5/c1-6-18(15(22)23,20-16(24)25-17(3,4)5)11-13-7-9-14(10-8-13)19-12(2)21/h7-10H,6,11H2,1-5H3,(H,19,21)(H,20,24)(H,22,23)/t18-/m0/s1. The van der Waals surface area contributed by atoms with Crippen molar-refractivity contribution < 1.29 is 24.2 Å². The minimum atomic E-state index is -1.47. The number of nitrogens with one attached hydrogen (secondary N) is 2. The molecule has 0 heterocycles. The molecule has 7 heteroatoms. The van der Waals surface area contributed by atoms with Gasteiger partial charge in [-0.3, -0.25) is 4.79 Å². The highest BCUT2D eigenvalue weighted by Crippen LogP contribution is 2.21. The average Bonchev–Trinajstić information content (AvgIpc) is 2.45. The first-order chi connectivity index (χ1) is 11.5. The van der Waals surface area contributed by atoms with Crippen molar-refractivity contribution in [1.29, 1.82) is 0 Å². The third-order valence-electron chi connectivity index (χ3n) is 3.53. The van der Waals surface area contributed by atoms with Crippen LogP contribution in [0.2, 0.25) is 0 Å². The largest absolute Gasteiger partial charge is 0.479 e. The van der Waals surface area contributed by atoms with E-state index in [9.17, 15) is 19.5 Å². The molecule has 2 amide bonds. The number of carbonyl (C=O) groups excluding carboxylic acids is 2. The number of hydrogen-bond donors (Lipinski definition) is 3.